The van der Waals surface area contributed by atoms with Crippen LogP contribution in [-0.4, -0.2) is 18.4 Å². The van der Waals surface area contributed by atoms with Gasteiger partial charge < -0.3 is 15.4 Å². The maximum absolute atomic E-state index is 13.4. The molecule has 0 saturated heterocycles. The largest absolute Gasteiger partial charge is 0.484 e. The Balaban J connectivity index is 1.57. The minimum Gasteiger partial charge on any atom is -0.484 e. The quantitative estimate of drug-likeness (QED) is 0.356. The second kappa shape index (κ2) is 10.3. The van der Waals surface area contributed by atoms with Gasteiger partial charge in [0.25, 0.3) is 11.8 Å². The van der Waals surface area contributed by atoms with Gasteiger partial charge in [-0.3, -0.25) is 9.59 Å². The number of thiophene rings is 1. The van der Waals surface area contributed by atoms with Crippen molar-refractivity contribution in [2.75, 3.05) is 17.2 Å². The van der Waals surface area contributed by atoms with Crippen LogP contribution in [0.25, 0.3) is 0 Å². The molecule has 1 aliphatic rings. The summed E-state index contributed by atoms with van der Waals surface area (Å²) >= 11 is 4.94. The van der Waals surface area contributed by atoms with Gasteiger partial charge in [0.1, 0.15) is 10.8 Å². The van der Waals surface area contributed by atoms with Crippen LogP contribution in [0.3, 0.4) is 0 Å². The lowest BCUT2D eigenvalue weighted by Crippen LogP contribution is -2.27. The first-order chi connectivity index (χ1) is 16.2. The van der Waals surface area contributed by atoms with Crippen molar-refractivity contribution in [1.82, 2.24) is 0 Å². The zero-order valence-corrected chi connectivity index (χ0v) is 22.0. The highest BCUT2D eigenvalue weighted by Crippen LogP contribution is 2.44. The molecule has 1 aliphatic carbocycles. The molecule has 0 bridgehead atoms. The molecule has 7 heteroatoms. The van der Waals surface area contributed by atoms with E-state index in [1.54, 1.807) is 12.1 Å². The molecule has 3 aromatic rings. The van der Waals surface area contributed by atoms with Crippen molar-refractivity contribution >= 4 is 49.8 Å². The number of para-hydroxylation sites is 1. The fourth-order valence-corrected chi connectivity index (χ4v) is 5.81. The monoisotopic (exact) mass is 540 g/mol. The van der Waals surface area contributed by atoms with E-state index >= 15 is 0 Å². The fraction of sp³-hybridized carbons (Fsp3) is 0.333. The van der Waals surface area contributed by atoms with Gasteiger partial charge in [-0.2, -0.15) is 0 Å². The van der Waals surface area contributed by atoms with Crippen LogP contribution in [0.15, 0.2) is 59.1 Å². The summed E-state index contributed by atoms with van der Waals surface area (Å²) in [5.41, 5.74) is 2.53. The van der Waals surface area contributed by atoms with Crippen molar-refractivity contribution in [3.05, 3.63) is 75.1 Å². The van der Waals surface area contributed by atoms with Gasteiger partial charge >= 0.3 is 0 Å². The molecule has 0 radical (unpaired) electrons. The number of rotatable bonds is 6. The molecule has 0 aliphatic heterocycles. The van der Waals surface area contributed by atoms with Crippen LogP contribution in [0.5, 0.6) is 5.75 Å². The Morgan fingerprint density at radius 1 is 1.06 bits per heavy atom. The Hall–Kier alpha value is -2.64. The van der Waals surface area contributed by atoms with Gasteiger partial charge in [-0.25, -0.2) is 0 Å². The van der Waals surface area contributed by atoms with E-state index in [0.717, 1.165) is 29.3 Å². The lowest BCUT2D eigenvalue weighted by Gasteiger charge is -2.33. The average molecular weight is 542 g/mol. The smallest absolute Gasteiger partial charge is 0.262 e. The van der Waals surface area contributed by atoms with Gasteiger partial charge in [0.15, 0.2) is 6.61 Å². The molecule has 1 heterocycles. The molecule has 1 aromatic heterocycles. The molecule has 4 rings (SSSR count). The topological polar surface area (TPSA) is 67.4 Å². The number of carbonyl (C=O) groups is 2. The van der Waals surface area contributed by atoms with E-state index in [9.17, 15) is 9.59 Å². The predicted octanol–water partition coefficient (Wildman–Crippen LogP) is 6.93. The third-order valence-electron chi connectivity index (χ3n) is 6.19. The third-order valence-corrected chi connectivity index (χ3v) is 7.88. The number of anilines is 2. The number of halogens is 1. The van der Waals surface area contributed by atoms with E-state index in [0.29, 0.717) is 27.9 Å². The van der Waals surface area contributed by atoms with Gasteiger partial charge in [-0.1, -0.05) is 54.9 Å². The summed E-state index contributed by atoms with van der Waals surface area (Å²) in [6.45, 7) is 6.67. The van der Waals surface area contributed by atoms with E-state index in [-0.39, 0.29) is 23.8 Å². The number of amides is 2. The van der Waals surface area contributed by atoms with Crippen molar-refractivity contribution < 1.29 is 14.3 Å². The van der Waals surface area contributed by atoms with Crippen LogP contribution >= 0.6 is 27.3 Å². The van der Waals surface area contributed by atoms with E-state index in [1.807, 2.05) is 42.5 Å². The van der Waals surface area contributed by atoms with Crippen molar-refractivity contribution in [2.24, 2.45) is 11.3 Å². The minimum atomic E-state index is -0.285. The lowest BCUT2D eigenvalue weighted by molar-refractivity contribution is -0.118. The van der Waals surface area contributed by atoms with Crippen LogP contribution in [0.1, 0.15) is 48.0 Å². The summed E-state index contributed by atoms with van der Waals surface area (Å²) in [5, 5.41) is 6.55. The number of ether oxygens (including phenoxy) is 1. The predicted molar refractivity (Wildman–Crippen MR) is 142 cm³/mol. The standard InChI is InChI=1S/C27H29BrN2O3S/c1-27(2,3)17-9-14-21-22(15-17)34-26(30-23(31)16-33-20-7-5-4-6-8-20)24(21)25(32)29-19-12-10-18(28)11-13-19/h4-8,10-13,17H,9,14-16H2,1-3H3,(H,29,32)(H,30,31). The maximum atomic E-state index is 13.4. The summed E-state index contributed by atoms with van der Waals surface area (Å²) in [5.74, 6) is 0.677. The van der Waals surface area contributed by atoms with Gasteiger partial charge in [-0.15, -0.1) is 11.3 Å². The van der Waals surface area contributed by atoms with E-state index in [4.69, 9.17) is 4.74 Å². The van der Waals surface area contributed by atoms with E-state index in [2.05, 4.69) is 47.3 Å². The second-order valence-electron chi connectivity index (χ2n) is 9.62. The molecule has 1 unspecified atom stereocenters. The number of carbonyl (C=O) groups excluding carboxylic acids is 2. The number of fused-ring (bicyclic) bond motifs is 1. The maximum Gasteiger partial charge on any atom is 0.262 e. The Bertz CT molecular complexity index is 1170. The number of hydrogen-bond acceptors (Lipinski definition) is 4. The summed E-state index contributed by atoms with van der Waals surface area (Å²) in [6, 6.07) is 16.7. The highest BCUT2D eigenvalue weighted by molar-refractivity contribution is 9.10. The molecule has 2 aromatic carbocycles. The van der Waals surface area contributed by atoms with Crippen LogP contribution in [0.4, 0.5) is 10.7 Å². The van der Waals surface area contributed by atoms with Crippen molar-refractivity contribution in [1.29, 1.82) is 0 Å². The Morgan fingerprint density at radius 2 is 1.76 bits per heavy atom. The summed E-state index contributed by atoms with van der Waals surface area (Å²) in [7, 11) is 0. The number of benzene rings is 2. The molecule has 34 heavy (non-hydrogen) atoms. The number of hydrogen-bond donors (Lipinski definition) is 2. The molecule has 1 atom stereocenters. The molecular weight excluding hydrogens is 512 g/mol. The highest BCUT2D eigenvalue weighted by Gasteiger charge is 2.34. The van der Waals surface area contributed by atoms with Gasteiger partial charge in [-0.05, 0) is 72.6 Å². The number of nitrogens with one attached hydrogen (secondary N) is 2. The van der Waals surface area contributed by atoms with E-state index in [1.165, 1.54) is 16.2 Å². The van der Waals surface area contributed by atoms with Crippen LogP contribution in [0, 0.1) is 11.3 Å². The van der Waals surface area contributed by atoms with Crippen molar-refractivity contribution in [3.63, 3.8) is 0 Å². The van der Waals surface area contributed by atoms with E-state index < -0.39 is 0 Å². The Morgan fingerprint density at radius 3 is 2.44 bits per heavy atom. The first-order valence-electron chi connectivity index (χ1n) is 11.4. The van der Waals surface area contributed by atoms with Gasteiger partial charge in [0.05, 0.1) is 5.56 Å². The molecule has 2 N–H and O–H groups in total. The lowest BCUT2D eigenvalue weighted by atomic mass is 9.72. The molecule has 5 nitrogen and oxygen atoms in total. The van der Waals surface area contributed by atoms with Crippen molar-refractivity contribution in [3.8, 4) is 5.75 Å². The zero-order valence-electron chi connectivity index (χ0n) is 19.6. The molecule has 0 spiro atoms. The third kappa shape index (κ3) is 5.88. The molecule has 178 valence electrons. The average Bonchev–Trinajstić information content (AvgIpc) is 3.16. The molecule has 0 fully saturated rings. The van der Waals surface area contributed by atoms with Crippen LogP contribution in [-0.2, 0) is 17.6 Å². The second-order valence-corrected chi connectivity index (χ2v) is 11.6. The Kier molecular flexibility index (Phi) is 7.43. The normalized spacial score (nSPS) is 15.4. The molecular formula is C27H29BrN2O3S. The highest BCUT2D eigenvalue weighted by atomic mass is 79.9. The summed E-state index contributed by atoms with van der Waals surface area (Å²) in [6.07, 6.45) is 2.77. The van der Waals surface area contributed by atoms with Gasteiger partial charge in [0, 0.05) is 15.0 Å². The minimum absolute atomic E-state index is 0.120. The first kappa shape index (κ1) is 24.5. The summed E-state index contributed by atoms with van der Waals surface area (Å²) < 4.78 is 6.54. The van der Waals surface area contributed by atoms with Crippen LogP contribution < -0.4 is 15.4 Å². The summed E-state index contributed by atoms with van der Waals surface area (Å²) in [4.78, 5) is 27.3. The molecule has 2 amide bonds. The molecule has 0 saturated carbocycles. The van der Waals surface area contributed by atoms with Gasteiger partial charge in [0.2, 0.25) is 0 Å². The Labute approximate surface area is 213 Å². The zero-order chi connectivity index (χ0) is 24.3. The fourth-order valence-electron chi connectivity index (χ4n) is 4.21. The van der Waals surface area contributed by atoms with Crippen molar-refractivity contribution in [2.45, 2.75) is 40.0 Å². The first-order valence-corrected chi connectivity index (χ1v) is 13.0. The van der Waals surface area contributed by atoms with Crippen LogP contribution in [0.2, 0.25) is 0 Å². The SMILES string of the molecule is CC(C)(C)C1CCc2c(sc(NC(=O)COc3ccccc3)c2C(=O)Nc2ccc(Br)cc2)C1.